The Hall–Kier alpha value is -0.280. The highest BCUT2D eigenvalue weighted by atomic mass is 35.5. The van der Waals surface area contributed by atoms with Crippen LogP contribution >= 0.6 is 11.6 Å². The van der Waals surface area contributed by atoms with Gasteiger partial charge < -0.3 is 10.4 Å². The molecule has 2 N–H and O–H groups in total. The largest absolute Gasteiger partial charge is 0.393 e. The summed E-state index contributed by atoms with van der Waals surface area (Å²) in [5, 5.41) is 11.7. The van der Waals surface area contributed by atoms with E-state index in [-0.39, 0.29) is 12.0 Å². The summed E-state index contributed by atoms with van der Waals surface area (Å²) in [6.45, 7) is 2.31. The number of carbonyl (C=O) groups excluding carboxylic acids is 1. The molecule has 3 nitrogen and oxygen atoms in total. The highest BCUT2D eigenvalue weighted by Crippen LogP contribution is 2.23. The van der Waals surface area contributed by atoms with E-state index in [2.05, 4.69) is 5.32 Å². The summed E-state index contributed by atoms with van der Waals surface area (Å²) in [6.07, 6.45) is 3.67. The summed E-state index contributed by atoms with van der Waals surface area (Å²) in [7, 11) is 0. The molecule has 82 valence electrons. The second kappa shape index (κ2) is 5.56. The van der Waals surface area contributed by atoms with Crippen LogP contribution in [0.15, 0.2) is 0 Å². The van der Waals surface area contributed by atoms with Gasteiger partial charge in [-0.1, -0.05) is 6.42 Å². The molecular weight excluding hydrogens is 202 g/mol. The predicted octanol–water partition coefficient (Wildman–Crippen LogP) is 1.28. The van der Waals surface area contributed by atoms with Gasteiger partial charge in [0.1, 0.15) is 5.38 Å². The molecule has 0 aromatic heterocycles. The number of carbonyl (C=O) groups is 1. The fourth-order valence-electron chi connectivity index (χ4n) is 1.83. The maximum atomic E-state index is 11.2. The average Bonchev–Trinajstić information content (AvgIpc) is 2.14. The first-order valence-electron chi connectivity index (χ1n) is 5.19. The molecule has 3 atom stereocenters. The second-order valence-corrected chi connectivity index (χ2v) is 4.70. The number of hydrogen-bond donors (Lipinski definition) is 2. The van der Waals surface area contributed by atoms with Gasteiger partial charge in [0.15, 0.2) is 0 Å². The fraction of sp³-hybridized carbons (Fsp3) is 0.900. The van der Waals surface area contributed by atoms with Gasteiger partial charge in [0.05, 0.1) is 6.10 Å². The molecule has 0 radical (unpaired) electrons. The molecule has 0 aromatic rings. The topological polar surface area (TPSA) is 49.3 Å². The van der Waals surface area contributed by atoms with Crippen LogP contribution in [0.25, 0.3) is 0 Å². The highest BCUT2D eigenvalue weighted by molar-refractivity contribution is 6.30. The van der Waals surface area contributed by atoms with Crippen LogP contribution in [-0.4, -0.2) is 29.0 Å². The smallest absolute Gasteiger partial charge is 0.237 e. The van der Waals surface area contributed by atoms with E-state index in [1.165, 1.54) is 0 Å². The summed E-state index contributed by atoms with van der Waals surface area (Å²) < 4.78 is 0. The lowest BCUT2D eigenvalue weighted by Crippen LogP contribution is -2.36. The van der Waals surface area contributed by atoms with Crippen LogP contribution in [0.1, 0.15) is 32.6 Å². The Balaban J connectivity index is 2.20. The summed E-state index contributed by atoms with van der Waals surface area (Å²) in [4.78, 5) is 11.2. The minimum Gasteiger partial charge on any atom is -0.393 e. The molecule has 1 aliphatic carbocycles. The van der Waals surface area contributed by atoms with Crippen molar-refractivity contribution in [3.63, 3.8) is 0 Å². The van der Waals surface area contributed by atoms with E-state index in [1.54, 1.807) is 6.92 Å². The lowest BCUT2D eigenvalue weighted by molar-refractivity contribution is -0.120. The number of halogens is 1. The monoisotopic (exact) mass is 219 g/mol. The first-order chi connectivity index (χ1) is 6.59. The quantitative estimate of drug-likeness (QED) is 0.703. The summed E-state index contributed by atoms with van der Waals surface area (Å²) >= 11 is 5.61. The molecule has 0 aromatic carbocycles. The SMILES string of the molecule is CC(Cl)C(=O)NCC1CCCC(O)C1. The lowest BCUT2D eigenvalue weighted by Gasteiger charge is -2.26. The van der Waals surface area contributed by atoms with Crippen molar-refractivity contribution in [2.45, 2.75) is 44.1 Å². The van der Waals surface area contributed by atoms with Gasteiger partial charge in [-0.25, -0.2) is 0 Å². The van der Waals surface area contributed by atoms with Crippen LogP contribution < -0.4 is 5.32 Å². The average molecular weight is 220 g/mol. The van der Waals surface area contributed by atoms with Crippen molar-refractivity contribution in [3.05, 3.63) is 0 Å². The van der Waals surface area contributed by atoms with Crippen molar-refractivity contribution in [3.8, 4) is 0 Å². The van der Waals surface area contributed by atoms with Crippen LogP contribution in [0.4, 0.5) is 0 Å². The van der Waals surface area contributed by atoms with Gasteiger partial charge in [-0.3, -0.25) is 4.79 Å². The van der Waals surface area contributed by atoms with Crippen molar-refractivity contribution in [2.24, 2.45) is 5.92 Å². The van der Waals surface area contributed by atoms with E-state index >= 15 is 0 Å². The van der Waals surface area contributed by atoms with E-state index in [9.17, 15) is 9.90 Å². The normalized spacial score (nSPS) is 29.6. The molecule has 14 heavy (non-hydrogen) atoms. The molecule has 0 aliphatic heterocycles. The third-order valence-electron chi connectivity index (χ3n) is 2.68. The molecule has 1 aliphatic rings. The number of rotatable bonds is 3. The van der Waals surface area contributed by atoms with E-state index in [0.29, 0.717) is 12.5 Å². The Bertz CT molecular complexity index is 197. The molecule has 4 heteroatoms. The molecule has 0 bridgehead atoms. The third kappa shape index (κ3) is 3.84. The van der Waals surface area contributed by atoms with Gasteiger partial charge >= 0.3 is 0 Å². The number of amides is 1. The van der Waals surface area contributed by atoms with E-state index in [0.717, 1.165) is 25.7 Å². The van der Waals surface area contributed by atoms with E-state index in [1.807, 2.05) is 0 Å². The molecule has 1 fully saturated rings. The van der Waals surface area contributed by atoms with Crippen LogP contribution in [0.5, 0.6) is 0 Å². The molecule has 0 saturated heterocycles. The van der Waals surface area contributed by atoms with E-state index < -0.39 is 5.38 Å². The first-order valence-corrected chi connectivity index (χ1v) is 5.63. The number of aliphatic hydroxyl groups excluding tert-OH is 1. The fourth-order valence-corrected chi connectivity index (χ4v) is 1.91. The second-order valence-electron chi connectivity index (χ2n) is 4.05. The standard InChI is InChI=1S/C10H18ClNO2/c1-7(11)10(14)12-6-8-3-2-4-9(13)5-8/h7-9,13H,2-6H2,1H3,(H,12,14). The number of nitrogens with one attached hydrogen (secondary N) is 1. The third-order valence-corrected chi connectivity index (χ3v) is 2.88. The molecule has 3 unspecified atom stereocenters. The highest BCUT2D eigenvalue weighted by Gasteiger charge is 2.20. The van der Waals surface area contributed by atoms with Crippen LogP contribution in [0, 0.1) is 5.92 Å². The van der Waals surface area contributed by atoms with Crippen molar-refractivity contribution >= 4 is 17.5 Å². The Morgan fingerprint density at radius 2 is 2.36 bits per heavy atom. The van der Waals surface area contributed by atoms with Crippen molar-refractivity contribution in [1.82, 2.24) is 5.32 Å². The van der Waals surface area contributed by atoms with E-state index in [4.69, 9.17) is 11.6 Å². The zero-order chi connectivity index (χ0) is 10.6. The van der Waals surface area contributed by atoms with Crippen molar-refractivity contribution < 1.29 is 9.90 Å². The summed E-state index contributed by atoms with van der Waals surface area (Å²) in [6, 6.07) is 0. The molecule has 0 spiro atoms. The molecule has 0 heterocycles. The first kappa shape index (κ1) is 11.8. The van der Waals surface area contributed by atoms with Crippen molar-refractivity contribution in [2.75, 3.05) is 6.54 Å². The zero-order valence-electron chi connectivity index (χ0n) is 8.50. The Morgan fingerprint density at radius 1 is 1.64 bits per heavy atom. The lowest BCUT2D eigenvalue weighted by atomic mass is 9.87. The van der Waals surface area contributed by atoms with Crippen LogP contribution in [-0.2, 0) is 4.79 Å². The zero-order valence-corrected chi connectivity index (χ0v) is 9.26. The molecule has 1 saturated carbocycles. The van der Waals surface area contributed by atoms with Crippen LogP contribution in [0.2, 0.25) is 0 Å². The number of hydrogen-bond acceptors (Lipinski definition) is 2. The maximum absolute atomic E-state index is 11.2. The maximum Gasteiger partial charge on any atom is 0.237 e. The Kier molecular flexibility index (Phi) is 4.69. The molecule has 1 amide bonds. The van der Waals surface area contributed by atoms with Gasteiger partial charge in [0.25, 0.3) is 0 Å². The van der Waals surface area contributed by atoms with Gasteiger partial charge in [-0.05, 0) is 32.1 Å². The Morgan fingerprint density at radius 3 is 2.93 bits per heavy atom. The van der Waals surface area contributed by atoms with Gasteiger partial charge in [-0.15, -0.1) is 11.6 Å². The van der Waals surface area contributed by atoms with Gasteiger partial charge in [0, 0.05) is 6.54 Å². The van der Waals surface area contributed by atoms with Gasteiger partial charge in [0.2, 0.25) is 5.91 Å². The van der Waals surface area contributed by atoms with Gasteiger partial charge in [-0.2, -0.15) is 0 Å². The van der Waals surface area contributed by atoms with Crippen LogP contribution in [0.3, 0.4) is 0 Å². The molecule has 1 rings (SSSR count). The van der Waals surface area contributed by atoms with Crippen molar-refractivity contribution in [1.29, 1.82) is 0 Å². The predicted molar refractivity (Wildman–Crippen MR) is 56.3 cm³/mol. The minimum atomic E-state index is -0.469. The Labute approximate surface area is 89.8 Å². The summed E-state index contributed by atoms with van der Waals surface area (Å²) in [5.41, 5.74) is 0. The molecular formula is C10H18ClNO2. The number of alkyl halides is 1. The minimum absolute atomic E-state index is 0.119. The number of aliphatic hydroxyl groups is 1. The summed E-state index contributed by atoms with van der Waals surface area (Å²) in [5.74, 6) is 0.296.